The van der Waals surface area contributed by atoms with E-state index in [0.717, 1.165) is 21.3 Å². The molecule has 1 saturated heterocycles. The largest absolute Gasteiger partial charge is 0.507 e. The van der Waals surface area contributed by atoms with Gasteiger partial charge in [0, 0.05) is 10.6 Å². The first-order valence-electron chi connectivity index (χ1n) is 10.3. The molecule has 2 heterocycles. The van der Waals surface area contributed by atoms with Crippen molar-refractivity contribution < 1.29 is 14.7 Å². The maximum Gasteiger partial charge on any atom is 0.301 e. The summed E-state index contributed by atoms with van der Waals surface area (Å²) in [7, 11) is 0. The number of hydrogen-bond acceptors (Lipinski definition) is 5. The van der Waals surface area contributed by atoms with Gasteiger partial charge >= 0.3 is 5.91 Å². The number of rotatable bonds is 3. The number of ketones is 1. The van der Waals surface area contributed by atoms with Gasteiger partial charge in [0.05, 0.1) is 21.8 Å². The fourth-order valence-electron chi connectivity index (χ4n) is 3.98. The molecule has 1 fully saturated rings. The summed E-state index contributed by atoms with van der Waals surface area (Å²) < 4.78 is 0.917. The number of aryl methyl sites for hydroxylation is 2. The highest BCUT2D eigenvalue weighted by Crippen LogP contribution is 2.44. The summed E-state index contributed by atoms with van der Waals surface area (Å²) in [5.41, 5.74) is 4.00. The summed E-state index contributed by atoms with van der Waals surface area (Å²) in [5.74, 6) is -1.68. The number of fused-ring (bicyclic) bond motifs is 1. The first-order chi connectivity index (χ1) is 15.8. The Morgan fingerprint density at radius 2 is 1.64 bits per heavy atom. The van der Waals surface area contributed by atoms with Crippen molar-refractivity contribution in [2.75, 3.05) is 4.90 Å². The number of aromatic nitrogens is 1. The molecule has 1 aromatic heterocycles. The second-order valence-electron chi connectivity index (χ2n) is 8.05. The number of anilines is 1. The number of hydrogen-bond donors (Lipinski definition) is 1. The molecule has 164 valence electrons. The highest BCUT2D eigenvalue weighted by atomic mass is 35.5. The van der Waals surface area contributed by atoms with E-state index < -0.39 is 17.7 Å². The molecule has 5 rings (SSSR count). The molecule has 0 saturated carbocycles. The van der Waals surface area contributed by atoms with Crippen molar-refractivity contribution >= 4 is 55.7 Å². The van der Waals surface area contributed by atoms with Gasteiger partial charge < -0.3 is 5.11 Å². The van der Waals surface area contributed by atoms with Crippen LogP contribution in [-0.4, -0.2) is 21.8 Å². The lowest BCUT2D eigenvalue weighted by Gasteiger charge is -2.23. The van der Waals surface area contributed by atoms with Gasteiger partial charge in [0.15, 0.2) is 5.13 Å². The van der Waals surface area contributed by atoms with Gasteiger partial charge in [0.25, 0.3) is 5.78 Å². The van der Waals surface area contributed by atoms with E-state index in [-0.39, 0.29) is 11.3 Å². The molecular formula is C26H19ClN2O3S. The van der Waals surface area contributed by atoms with Crippen molar-refractivity contribution in [3.63, 3.8) is 0 Å². The number of aliphatic hydroxyl groups excluding tert-OH is 1. The highest BCUT2D eigenvalue weighted by Gasteiger charge is 2.48. The molecule has 4 aromatic rings. The second kappa shape index (κ2) is 8.14. The van der Waals surface area contributed by atoms with Gasteiger partial charge in [-0.3, -0.25) is 14.5 Å². The van der Waals surface area contributed by atoms with Gasteiger partial charge in [-0.2, -0.15) is 0 Å². The third-order valence-corrected chi connectivity index (χ3v) is 6.96. The highest BCUT2D eigenvalue weighted by molar-refractivity contribution is 7.22. The zero-order valence-electron chi connectivity index (χ0n) is 17.9. The Balaban J connectivity index is 1.73. The third kappa shape index (κ3) is 3.71. The van der Waals surface area contributed by atoms with Crippen LogP contribution < -0.4 is 4.90 Å². The molecule has 7 heteroatoms. The monoisotopic (exact) mass is 474 g/mol. The van der Waals surface area contributed by atoms with E-state index in [9.17, 15) is 14.7 Å². The molecule has 0 spiro atoms. The molecule has 1 atom stereocenters. The molecule has 33 heavy (non-hydrogen) atoms. The summed E-state index contributed by atoms with van der Waals surface area (Å²) in [6.07, 6.45) is 0. The van der Waals surface area contributed by atoms with Crippen LogP contribution in [0.1, 0.15) is 28.3 Å². The summed E-state index contributed by atoms with van der Waals surface area (Å²) >= 11 is 7.43. The molecule has 0 bridgehead atoms. The van der Waals surface area contributed by atoms with Crippen LogP contribution in [0.25, 0.3) is 16.0 Å². The number of thiazole rings is 1. The maximum atomic E-state index is 13.3. The number of nitrogens with zero attached hydrogens (tertiary/aromatic N) is 2. The number of aliphatic hydroxyl groups is 1. The van der Waals surface area contributed by atoms with Crippen molar-refractivity contribution in [2.24, 2.45) is 0 Å². The number of amides is 1. The lowest BCUT2D eigenvalue weighted by molar-refractivity contribution is -0.132. The minimum atomic E-state index is -0.828. The molecule has 1 amide bonds. The standard InChI is InChI=1S/C26H19ClN2O3S/c1-14-3-6-17(7-4-14)23(30)21-22(16-8-10-18(27)11-9-16)29(25(32)24(21)31)26-28-19-12-5-15(2)13-20(19)33-26/h3-13,22,30H,1-2H3/t22-/m0/s1. The van der Waals surface area contributed by atoms with Crippen LogP contribution in [0, 0.1) is 13.8 Å². The van der Waals surface area contributed by atoms with Crippen LogP contribution in [0.4, 0.5) is 5.13 Å². The molecule has 0 aliphatic carbocycles. The van der Waals surface area contributed by atoms with Crippen molar-refractivity contribution in [1.29, 1.82) is 0 Å². The zero-order valence-corrected chi connectivity index (χ0v) is 19.4. The summed E-state index contributed by atoms with van der Waals surface area (Å²) in [6.45, 7) is 3.92. The van der Waals surface area contributed by atoms with Gasteiger partial charge in [-0.05, 0) is 49.2 Å². The molecule has 5 nitrogen and oxygen atoms in total. The Hall–Kier alpha value is -3.48. The van der Waals surface area contributed by atoms with E-state index in [4.69, 9.17) is 11.6 Å². The van der Waals surface area contributed by atoms with Gasteiger partial charge in [0.2, 0.25) is 0 Å². The fourth-order valence-corrected chi connectivity index (χ4v) is 5.20. The van der Waals surface area contributed by atoms with Crippen LogP contribution in [0.15, 0.2) is 72.3 Å². The minimum Gasteiger partial charge on any atom is -0.507 e. The molecule has 3 aromatic carbocycles. The van der Waals surface area contributed by atoms with Gasteiger partial charge in [0.1, 0.15) is 5.76 Å². The number of Topliss-reactive ketones (excluding diaryl/α,β-unsaturated/α-hetero) is 1. The zero-order chi connectivity index (χ0) is 23.3. The predicted octanol–water partition coefficient (Wildman–Crippen LogP) is 6.19. The minimum absolute atomic E-state index is 0.0293. The van der Waals surface area contributed by atoms with E-state index in [2.05, 4.69) is 4.98 Å². The van der Waals surface area contributed by atoms with Crippen LogP contribution in [0.5, 0.6) is 0 Å². The maximum absolute atomic E-state index is 13.3. The topological polar surface area (TPSA) is 70.5 Å². The van der Waals surface area contributed by atoms with Crippen LogP contribution in [0.3, 0.4) is 0 Å². The normalized spacial score (nSPS) is 17.8. The lowest BCUT2D eigenvalue weighted by atomic mass is 9.95. The van der Waals surface area contributed by atoms with Crippen LogP contribution in [0.2, 0.25) is 5.02 Å². The lowest BCUT2D eigenvalue weighted by Crippen LogP contribution is -2.29. The molecule has 1 N–H and O–H groups in total. The SMILES string of the molecule is Cc1ccc(C(O)=C2C(=O)C(=O)N(c3nc4ccc(C)cc4s3)[C@H]2c2ccc(Cl)cc2)cc1. The van der Waals surface area contributed by atoms with E-state index in [1.807, 2.05) is 44.2 Å². The van der Waals surface area contributed by atoms with Crippen molar-refractivity contribution in [2.45, 2.75) is 19.9 Å². The molecular weight excluding hydrogens is 456 g/mol. The predicted molar refractivity (Wildman–Crippen MR) is 132 cm³/mol. The fraction of sp³-hybridized carbons (Fsp3) is 0.115. The van der Waals surface area contributed by atoms with E-state index in [1.54, 1.807) is 36.4 Å². The first kappa shape index (κ1) is 21.4. The van der Waals surface area contributed by atoms with Crippen LogP contribution in [-0.2, 0) is 9.59 Å². The van der Waals surface area contributed by atoms with Gasteiger partial charge in [-0.1, -0.05) is 71.0 Å². The Labute approximate surface area is 199 Å². The molecule has 1 aliphatic rings. The molecule has 1 aliphatic heterocycles. The number of carbonyl (C=O) groups is 2. The smallest absolute Gasteiger partial charge is 0.301 e. The Morgan fingerprint density at radius 1 is 0.970 bits per heavy atom. The average molecular weight is 475 g/mol. The van der Waals surface area contributed by atoms with Crippen molar-refractivity contribution in [1.82, 2.24) is 4.98 Å². The van der Waals surface area contributed by atoms with E-state index >= 15 is 0 Å². The second-order valence-corrected chi connectivity index (χ2v) is 9.50. The Kier molecular flexibility index (Phi) is 5.27. The number of halogens is 1. The average Bonchev–Trinajstić information content (AvgIpc) is 3.32. The first-order valence-corrected chi connectivity index (χ1v) is 11.5. The van der Waals surface area contributed by atoms with Crippen molar-refractivity contribution in [3.05, 3.63) is 99.6 Å². The Bertz CT molecular complexity index is 1440. The van der Waals surface area contributed by atoms with Gasteiger partial charge in [-0.15, -0.1) is 0 Å². The molecule has 0 unspecified atom stereocenters. The molecule has 0 radical (unpaired) electrons. The Morgan fingerprint density at radius 3 is 2.33 bits per heavy atom. The van der Waals surface area contributed by atoms with E-state index in [0.29, 0.717) is 21.3 Å². The summed E-state index contributed by atoms with van der Waals surface area (Å²) in [4.78, 5) is 32.5. The van der Waals surface area contributed by atoms with E-state index in [1.165, 1.54) is 16.2 Å². The summed E-state index contributed by atoms with van der Waals surface area (Å²) in [5, 5.41) is 12.1. The number of benzene rings is 3. The number of carbonyl (C=O) groups excluding carboxylic acids is 2. The quantitative estimate of drug-likeness (QED) is 0.218. The van der Waals surface area contributed by atoms with Gasteiger partial charge in [-0.25, -0.2) is 4.98 Å². The van der Waals surface area contributed by atoms with Crippen LogP contribution >= 0.6 is 22.9 Å². The van der Waals surface area contributed by atoms with Crippen molar-refractivity contribution in [3.8, 4) is 0 Å². The third-order valence-electron chi connectivity index (χ3n) is 5.69. The summed E-state index contributed by atoms with van der Waals surface area (Å²) in [6, 6.07) is 19.1.